The van der Waals surface area contributed by atoms with Gasteiger partial charge in [0.25, 0.3) is 0 Å². The molecule has 0 aromatic rings. The molecule has 0 saturated carbocycles. The zero-order valence-electron chi connectivity index (χ0n) is 13.3. The van der Waals surface area contributed by atoms with Crippen LogP contribution in [0.4, 0.5) is 0 Å². The summed E-state index contributed by atoms with van der Waals surface area (Å²) in [5.74, 6) is -0.0694. The third kappa shape index (κ3) is 169. The molecular weight excluding hydrogens is 427 g/mol. The summed E-state index contributed by atoms with van der Waals surface area (Å²) in [6.45, 7) is 11.2. The van der Waals surface area contributed by atoms with E-state index < -0.39 is 17.7 Å². The molecule has 0 aliphatic heterocycles. The van der Waals surface area contributed by atoms with Gasteiger partial charge in [-0.05, 0) is 19.3 Å². The smallest absolute Gasteiger partial charge is 0.0484 e. The zero-order chi connectivity index (χ0) is 16.4. The number of carbonyl (C=O) groups is 3. The van der Waals surface area contributed by atoms with Crippen LogP contribution in [0.1, 0.15) is 60.8 Å². The summed E-state index contributed by atoms with van der Waals surface area (Å²) in [5.41, 5.74) is 18.6. The molecule has 0 fully saturated rings. The summed E-state index contributed by atoms with van der Waals surface area (Å²) >= 11 is 0. The second-order valence-corrected chi connectivity index (χ2v) is 3.83. The number of rotatable bonds is 3. The third-order valence-electron chi connectivity index (χ3n) is 0.963. The SMILES string of the molecule is CCC([NH-])=O.CCC([NH-])=O.CCC([NH-])=O.C[C-](C)C.[Ta]. The van der Waals surface area contributed by atoms with E-state index in [-0.39, 0.29) is 22.4 Å². The van der Waals surface area contributed by atoms with Crippen molar-refractivity contribution in [3.63, 3.8) is 0 Å². The van der Waals surface area contributed by atoms with Crippen molar-refractivity contribution in [3.05, 3.63) is 23.1 Å². The van der Waals surface area contributed by atoms with Crippen molar-refractivity contribution in [1.82, 2.24) is 0 Å². The number of amides is 3. The fourth-order valence-electron chi connectivity index (χ4n) is 0. The van der Waals surface area contributed by atoms with Crippen LogP contribution >= 0.6 is 0 Å². The maximum atomic E-state index is 9.48. The molecule has 121 valence electrons. The van der Waals surface area contributed by atoms with E-state index in [1.54, 1.807) is 20.8 Å². The molecule has 0 atom stereocenters. The van der Waals surface area contributed by atoms with Gasteiger partial charge in [-0.25, -0.2) is 0 Å². The van der Waals surface area contributed by atoms with E-state index in [0.29, 0.717) is 19.3 Å². The Morgan fingerprint density at radius 3 is 0.750 bits per heavy atom. The number of carbonyl (C=O) groups excluding carboxylic acids is 3. The summed E-state index contributed by atoms with van der Waals surface area (Å²) < 4.78 is 0. The maximum absolute atomic E-state index is 9.48. The number of nitrogens with one attached hydrogen (secondary N) is 3. The molecule has 0 rings (SSSR count). The van der Waals surface area contributed by atoms with E-state index in [1.807, 2.05) is 0 Å². The van der Waals surface area contributed by atoms with E-state index in [9.17, 15) is 14.4 Å². The van der Waals surface area contributed by atoms with Crippen LogP contribution in [0, 0.1) is 5.92 Å². The molecule has 0 aromatic heterocycles. The minimum Gasteiger partial charge on any atom is -0.668 e. The molecule has 3 amide bonds. The minimum atomic E-state index is -0.495. The van der Waals surface area contributed by atoms with Gasteiger partial charge in [0.1, 0.15) is 0 Å². The van der Waals surface area contributed by atoms with Gasteiger partial charge in [-0.2, -0.15) is 20.8 Å². The summed E-state index contributed by atoms with van der Waals surface area (Å²) in [6, 6.07) is 0. The molecule has 20 heavy (non-hydrogen) atoms. The van der Waals surface area contributed by atoms with Crippen LogP contribution in [0.2, 0.25) is 0 Å². The predicted octanol–water partition coefficient (Wildman–Crippen LogP) is 4.54. The summed E-state index contributed by atoms with van der Waals surface area (Å²) in [6.07, 6.45) is 1.000. The second kappa shape index (κ2) is 26.7. The van der Waals surface area contributed by atoms with Gasteiger partial charge in [0, 0.05) is 40.1 Å². The van der Waals surface area contributed by atoms with E-state index in [0.717, 1.165) is 0 Å². The quantitative estimate of drug-likeness (QED) is 0.582. The third-order valence-corrected chi connectivity index (χ3v) is 0.963. The normalized spacial score (nSPS) is 7.35. The molecule has 0 saturated heterocycles. The monoisotopic (exact) mass is 454 g/mol. The van der Waals surface area contributed by atoms with Crippen LogP contribution in [-0.2, 0) is 36.8 Å². The Balaban J connectivity index is -0.0000000494. The van der Waals surface area contributed by atoms with Gasteiger partial charge in [0.2, 0.25) is 0 Å². The van der Waals surface area contributed by atoms with E-state index in [4.69, 9.17) is 17.2 Å². The van der Waals surface area contributed by atoms with Crippen LogP contribution in [0.15, 0.2) is 0 Å². The van der Waals surface area contributed by atoms with E-state index >= 15 is 0 Å². The first-order valence-electron chi connectivity index (χ1n) is 6.04. The largest absolute Gasteiger partial charge is 0.668 e. The average molecular weight is 454 g/mol. The summed E-state index contributed by atoms with van der Waals surface area (Å²) in [7, 11) is 0. The van der Waals surface area contributed by atoms with Crippen LogP contribution in [0.3, 0.4) is 0 Å². The first-order chi connectivity index (χ1) is 8.54. The van der Waals surface area contributed by atoms with Gasteiger partial charge >= 0.3 is 0 Å². The van der Waals surface area contributed by atoms with Crippen molar-refractivity contribution < 1.29 is 36.8 Å². The second-order valence-electron chi connectivity index (χ2n) is 3.83. The first-order valence-corrected chi connectivity index (χ1v) is 6.04. The van der Waals surface area contributed by atoms with E-state index in [1.165, 1.54) is 5.92 Å². The van der Waals surface area contributed by atoms with Crippen molar-refractivity contribution in [2.75, 3.05) is 0 Å². The Hall–Kier alpha value is -0.850. The summed E-state index contributed by atoms with van der Waals surface area (Å²) in [5, 5.41) is 0. The van der Waals surface area contributed by atoms with Crippen molar-refractivity contribution in [3.8, 4) is 0 Å². The zero-order valence-corrected chi connectivity index (χ0v) is 16.5. The van der Waals surface area contributed by atoms with Crippen LogP contribution < -0.4 is 0 Å². The van der Waals surface area contributed by atoms with Gasteiger partial charge in [0.05, 0.1) is 0 Å². The summed E-state index contributed by atoms with van der Waals surface area (Å²) in [4.78, 5) is 28.4. The molecule has 0 aliphatic carbocycles. The molecule has 1 radical (unpaired) electrons. The molecule has 0 aliphatic rings. The Morgan fingerprint density at radius 2 is 0.750 bits per heavy atom. The molecule has 0 bridgehead atoms. The number of hydrogen-bond donors (Lipinski definition) is 0. The molecule has 6 nitrogen and oxygen atoms in total. The molecule has 0 heterocycles. The molecule has 7 heteroatoms. The fourth-order valence-corrected chi connectivity index (χ4v) is 0. The molecule has 0 unspecified atom stereocenters. The molecule has 0 aromatic carbocycles. The van der Waals surface area contributed by atoms with Crippen molar-refractivity contribution in [1.29, 1.82) is 0 Å². The Labute approximate surface area is 138 Å². The maximum Gasteiger partial charge on any atom is 0.0484 e. The molecule has 0 spiro atoms. The minimum absolute atomic E-state index is 0. The topological polar surface area (TPSA) is 123 Å². The van der Waals surface area contributed by atoms with Crippen LogP contribution in [0.5, 0.6) is 0 Å². The van der Waals surface area contributed by atoms with Gasteiger partial charge in [-0.15, -0.1) is 0 Å². The first kappa shape index (κ1) is 31.5. The van der Waals surface area contributed by atoms with Crippen LogP contribution in [-0.4, -0.2) is 17.7 Å². The van der Waals surface area contributed by atoms with Gasteiger partial charge in [-0.3, -0.25) is 0 Å². The van der Waals surface area contributed by atoms with Crippen molar-refractivity contribution in [2.45, 2.75) is 60.8 Å². The fraction of sp³-hybridized carbons (Fsp3) is 0.692. The van der Waals surface area contributed by atoms with E-state index in [2.05, 4.69) is 20.8 Å². The average Bonchev–Trinajstić information content (AvgIpc) is 2.29. The predicted molar refractivity (Wildman–Crippen MR) is 79.1 cm³/mol. The molecular formula is C13H27N3O3Ta-4. The van der Waals surface area contributed by atoms with Gasteiger partial charge in [0.15, 0.2) is 0 Å². The van der Waals surface area contributed by atoms with Gasteiger partial charge < -0.3 is 37.5 Å². The number of hydrogen-bond acceptors (Lipinski definition) is 3. The Morgan fingerprint density at radius 1 is 0.700 bits per heavy atom. The van der Waals surface area contributed by atoms with Gasteiger partial charge in [-0.1, -0.05) is 20.8 Å². The Kier molecular flexibility index (Phi) is 42.0. The van der Waals surface area contributed by atoms with Crippen molar-refractivity contribution >= 4 is 17.7 Å². The molecule has 3 N–H and O–H groups in total. The Bertz CT molecular complexity index is 199. The standard InChI is InChI=1S/C4H9.3C3H7NO.Ta/c1-4(2)3;3*1-2-3(4)5;/h1-3H3;3*2H2,1H3,(H2,4,5);/q-1;;;;/p-3. The van der Waals surface area contributed by atoms with Crippen LogP contribution in [0.25, 0.3) is 17.2 Å². The van der Waals surface area contributed by atoms with Crippen molar-refractivity contribution in [2.24, 2.45) is 0 Å².